The maximum atomic E-state index is 14.8. The number of anilines is 1. The molecule has 8 rings (SSSR count). The van der Waals surface area contributed by atoms with Crippen LogP contribution >= 0.6 is 0 Å². The van der Waals surface area contributed by atoms with Gasteiger partial charge in [-0.25, -0.2) is 0 Å². The van der Waals surface area contributed by atoms with Gasteiger partial charge in [-0.2, -0.15) is 0 Å². The number of benzene rings is 2. The lowest BCUT2D eigenvalue weighted by atomic mass is 9.61. The second-order valence-corrected chi connectivity index (χ2v) is 13.1. The first kappa shape index (κ1) is 24.0. The maximum Gasteiger partial charge on any atom is 0.284 e. The molecular formula is C32H32N4O4. The van der Waals surface area contributed by atoms with E-state index in [1.54, 1.807) is 12.3 Å². The van der Waals surface area contributed by atoms with E-state index < -0.39 is 39.8 Å². The third-order valence-electron chi connectivity index (χ3n) is 10.5. The predicted octanol–water partition coefficient (Wildman–Crippen LogP) is 3.91. The Bertz CT molecular complexity index is 1770. The van der Waals surface area contributed by atoms with Crippen LogP contribution in [0.1, 0.15) is 57.9 Å². The molecule has 0 radical (unpaired) electrons. The zero-order valence-electron chi connectivity index (χ0n) is 23.2. The molecule has 8 nitrogen and oxygen atoms in total. The van der Waals surface area contributed by atoms with Crippen molar-refractivity contribution in [1.29, 1.82) is 0 Å². The number of carbonyl (C=O) groups excluding carboxylic acids is 2. The van der Waals surface area contributed by atoms with Crippen molar-refractivity contribution in [3.63, 3.8) is 0 Å². The minimum absolute atomic E-state index is 0.152. The Morgan fingerprint density at radius 1 is 0.950 bits per heavy atom. The maximum absolute atomic E-state index is 14.8. The number of allylic oxidation sites excluding steroid dienone is 1. The van der Waals surface area contributed by atoms with Crippen molar-refractivity contribution in [2.24, 2.45) is 5.92 Å². The Kier molecular flexibility index (Phi) is 4.01. The Hall–Kier alpha value is -3.88. The van der Waals surface area contributed by atoms with Crippen molar-refractivity contribution in [3.05, 3.63) is 83.3 Å². The fourth-order valence-electron chi connectivity index (χ4n) is 8.52. The Balaban J connectivity index is 1.40. The number of H-pyrrole nitrogens is 1. The normalized spacial score (nSPS) is 36.3. The van der Waals surface area contributed by atoms with E-state index >= 15 is 0 Å². The lowest BCUT2D eigenvalue weighted by molar-refractivity contribution is -0.210. The molecule has 1 aromatic heterocycles. The monoisotopic (exact) mass is 536 g/mol. The van der Waals surface area contributed by atoms with Gasteiger partial charge in [0.05, 0.1) is 0 Å². The smallest absolute Gasteiger partial charge is 0.284 e. The minimum atomic E-state index is -2.23. The summed E-state index contributed by atoms with van der Waals surface area (Å²) in [5.74, 6) is -1.39. The summed E-state index contributed by atoms with van der Waals surface area (Å²) in [5, 5.41) is 25.8. The summed E-state index contributed by atoms with van der Waals surface area (Å²) in [6.45, 7) is 10.2. The topological polar surface area (TPSA) is 100 Å². The molecule has 3 N–H and O–H groups in total. The van der Waals surface area contributed by atoms with Gasteiger partial charge in [0.15, 0.2) is 5.66 Å². The van der Waals surface area contributed by atoms with Crippen LogP contribution < -0.4 is 4.90 Å². The highest BCUT2D eigenvalue weighted by molar-refractivity contribution is 6.12. The number of rotatable bonds is 0. The van der Waals surface area contributed by atoms with Gasteiger partial charge in [0.1, 0.15) is 11.3 Å². The summed E-state index contributed by atoms with van der Waals surface area (Å²) in [6.07, 6.45) is 4.95. The van der Waals surface area contributed by atoms with Crippen molar-refractivity contribution >= 4 is 34.5 Å². The van der Waals surface area contributed by atoms with Gasteiger partial charge in [-0.1, -0.05) is 63.2 Å². The third-order valence-corrected chi connectivity index (χ3v) is 10.5. The molecule has 3 aromatic rings. The summed E-state index contributed by atoms with van der Waals surface area (Å²) in [5.41, 5.74) is -1.81. The third kappa shape index (κ3) is 2.24. The van der Waals surface area contributed by atoms with E-state index in [1.807, 2.05) is 75.4 Å². The number of nitrogens with zero attached hydrogens (tertiary/aromatic N) is 3. The van der Waals surface area contributed by atoms with E-state index in [2.05, 4.69) is 23.7 Å². The molecule has 5 aliphatic heterocycles. The number of para-hydroxylation sites is 2. The average molecular weight is 537 g/mol. The molecule has 3 saturated heterocycles. The lowest BCUT2D eigenvalue weighted by Crippen LogP contribution is -2.87. The molecule has 0 aliphatic carbocycles. The summed E-state index contributed by atoms with van der Waals surface area (Å²) in [7, 11) is 0. The number of aromatic nitrogens is 1. The molecule has 1 spiro atoms. The summed E-state index contributed by atoms with van der Waals surface area (Å²) >= 11 is 0. The van der Waals surface area contributed by atoms with Gasteiger partial charge in [0.25, 0.3) is 11.8 Å². The number of aliphatic hydroxyl groups is 2. The lowest BCUT2D eigenvalue weighted by Gasteiger charge is -2.70. The van der Waals surface area contributed by atoms with E-state index in [0.717, 1.165) is 27.8 Å². The number of aromatic amines is 1. The molecule has 3 fully saturated rings. The van der Waals surface area contributed by atoms with Gasteiger partial charge < -0.3 is 20.1 Å². The van der Waals surface area contributed by atoms with Gasteiger partial charge >= 0.3 is 0 Å². The molecule has 6 heterocycles. The van der Waals surface area contributed by atoms with Crippen molar-refractivity contribution in [3.8, 4) is 0 Å². The first-order valence-corrected chi connectivity index (χ1v) is 13.9. The number of nitrogens with one attached hydrogen (secondary N) is 1. The van der Waals surface area contributed by atoms with Crippen LogP contribution in [0.2, 0.25) is 0 Å². The Morgan fingerprint density at radius 2 is 1.65 bits per heavy atom. The predicted molar refractivity (Wildman–Crippen MR) is 150 cm³/mol. The average Bonchev–Trinajstić information content (AvgIpc) is 3.46. The van der Waals surface area contributed by atoms with Crippen LogP contribution in [0.25, 0.3) is 17.0 Å². The van der Waals surface area contributed by atoms with Crippen LogP contribution in [0.15, 0.2) is 66.5 Å². The number of hydrogen-bond donors (Lipinski definition) is 3. The zero-order valence-corrected chi connectivity index (χ0v) is 23.2. The minimum Gasteiger partial charge on any atom is -0.380 e. The number of fused-ring (bicyclic) bond motifs is 8. The summed E-state index contributed by atoms with van der Waals surface area (Å²) in [4.78, 5) is 37.3. The molecular weight excluding hydrogens is 504 g/mol. The highest BCUT2D eigenvalue weighted by Crippen LogP contribution is 2.73. The fraction of sp³-hybridized carbons (Fsp3) is 0.375. The standard InChI is InChI=1S/C32H32N4O4/c1-18-29(4,5)35-23-13-9-7-11-21(23)30(39)17-31(40)27(38)34-15-14-28(2,3)25-20(19-10-6-8-12-22(19)33-25)16-24(34)26(37)36(31)32(18,30)35/h6-16,18,33,39-40H,17H2,1-5H3/b15-14-,24-16-/t18-,30-,31+,32+/m0/s1. The van der Waals surface area contributed by atoms with E-state index in [9.17, 15) is 19.8 Å². The number of piperazine rings is 1. The van der Waals surface area contributed by atoms with Gasteiger partial charge in [0.2, 0.25) is 5.72 Å². The van der Waals surface area contributed by atoms with Gasteiger partial charge in [-0.05, 0) is 32.1 Å². The Labute approximate surface area is 232 Å². The Morgan fingerprint density at radius 3 is 2.42 bits per heavy atom. The molecule has 2 aromatic carbocycles. The van der Waals surface area contributed by atoms with Crippen LogP contribution in [-0.2, 0) is 20.6 Å². The highest BCUT2D eigenvalue weighted by Gasteiger charge is 2.87. The summed E-state index contributed by atoms with van der Waals surface area (Å²) in [6, 6.07) is 15.5. The number of amides is 2. The van der Waals surface area contributed by atoms with Crippen LogP contribution in [0.3, 0.4) is 0 Å². The summed E-state index contributed by atoms with van der Waals surface area (Å²) < 4.78 is 0. The van der Waals surface area contributed by atoms with E-state index in [4.69, 9.17) is 0 Å². The molecule has 0 bridgehead atoms. The highest BCUT2D eigenvalue weighted by atomic mass is 16.4. The molecule has 204 valence electrons. The van der Waals surface area contributed by atoms with Crippen molar-refractivity contribution < 1.29 is 19.8 Å². The molecule has 40 heavy (non-hydrogen) atoms. The van der Waals surface area contributed by atoms with Crippen LogP contribution in [0.5, 0.6) is 0 Å². The van der Waals surface area contributed by atoms with Crippen LogP contribution in [0.4, 0.5) is 5.69 Å². The quantitative estimate of drug-likeness (QED) is 0.405. The molecule has 8 heteroatoms. The fourth-order valence-corrected chi connectivity index (χ4v) is 8.52. The van der Waals surface area contributed by atoms with Gasteiger partial charge in [-0.3, -0.25) is 19.4 Å². The largest absolute Gasteiger partial charge is 0.380 e. The van der Waals surface area contributed by atoms with Gasteiger partial charge in [-0.15, -0.1) is 0 Å². The molecule has 0 saturated carbocycles. The second kappa shape index (κ2) is 6.70. The SMILES string of the molecule is C[C@H]1C(C)(C)N2c3ccccc3[C@@]3(O)C[C@@]4(O)C(=O)N5/C=C\C(C)(C)c6[nH]c7ccccc7c6/C=C\5C(=O)N4[C@@]123. The molecule has 2 amide bonds. The van der Waals surface area contributed by atoms with E-state index in [-0.39, 0.29) is 18.0 Å². The molecule has 0 unspecified atom stereocenters. The van der Waals surface area contributed by atoms with Crippen LogP contribution in [-0.4, -0.2) is 53.7 Å². The first-order chi connectivity index (χ1) is 18.8. The first-order valence-electron chi connectivity index (χ1n) is 13.9. The zero-order chi connectivity index (χ0) is 28.2. The van der Waals surface area contributed by atoms with Crippen LogP contribution in [0, 0.1) is 5.92 Å². The van der Waals surface area contributed by atoms with Crippen molar-refractivity contribution in [1.82, 2.24) is 14.8 Å². The van der Waals surface area contributed by atoms with Gasteiger partial charge in [0, 0.05) is 62.9 Å². The van der Waals surface area contributed by atoms with Crippen molar-refractivity contribution in [2.45, 2.75) is 69.0 Å². The van der Waals surface area contributed by atoms with Crippen molar-refractivity contribution in [2.75, 3.05) is 4.90 Å². The van der Waals surface area contributed by atoms with E-state index in [0.29, 0.717) is 5.56 Å². The molecule has 4 atom stereocenters. The van der Waals surface area contributed by atoms with E-state index in [1.165, 1.54) is 9.80 Å². The molecule has 5 aliphatic rings. The number of carbonyl (C=O) groups is 2. The number of hydrogen-bond acceptors (Lipinski definition) is 5. The second-order valence-electron chi connectivity index (χ2n) is 13.1.